The summed E-state index contributed by atoms with van der Waals surface area (Å²) in [5.41, 5.74) is 1.24. The summed E-state index contributed by atoms with van der Waals surface area (Å²) in [7, 11) is 0. The number of hydrogen-bond donors (Lipinski definition) is 1. The van der Waals surface area contributed by atoms with E-state index in [1.54, 1.807) is 0 Å². The van der Waals surface area contributed by atoms with E-state index < -0.39 is 23.8 Å². The normalized spacial score (nSPS) is 13.9. The van der Waals surface area contributed by atoms with Crippen LogP contribution in [0.4, 0.5) is 8.78 Å². The fourth-order valence-electron chi connectivity index (χ4n) is 2.33. The first-order valence-corrected chi connectivity index (χ1v) is 6.89. The first-order chi connectivity index (χ1) is 10.1. The zero-order chi connectivity index (χ0) is 15.2. The average Bonchev–Trinajstić information content (AvgIpc) is 2.44. The summed E-state index contributed by atoms with van der Waals surface area (Å²) in [4.78, 5) is 0. The van der Waals surface area contributed by atoms with Crippen molar-refractivity contribution >= 4 is 0 Å². The molecule has 2 unspecified atom stereocenters. The van der Waals surface area contributed by atoms with Crippen LogP contribution >= 0.6 is 0 Å². The molecule has 1 N–H and O–H groups in total. The third-order valence-corrected chi connectivity index (χ3v) is 3.19. The predicted molar refractivity (Wildman–Crippen MR) is 76.9 cm³/mol. The summed E-state index contributed by atoms with van der Waals surface area (Å²) in [6.45, 7) is 2.28. The van der Waals surface area contributed by atoms with Crippen LogP contribution in [0.25, 0.3) is 0 Å². The zero-order valence-corrected chi connectivity index (χ0v) is 11.8. The molecule has 0 amide bonds. The molecule has 0 aromatic heterocycles. The number of hydrogen-bond acceptors (Lipinski definition) is 2. The smallest absolute Gasteiger partial charge is 0.126 e. The molecule has 0 saturated carbocycles. The molecule has 21 heavy (non-hydrogen) atoms. The monoisotopic (exact) mass is 292 g/mol. The van der Waals surface area contributed by atoms with Gasteiger partial charge in [0.25, 0.3) is 0 Å². The second kappa shape index (κ2) is 7.29. The summed E-state index contributed by atoms with van der Waals surface area (Å²) in [5, 5.41) is 10.4. The van der Waals surface area contributed by atoms with E-state index in [0.29, 0.717) is 12.2 Å². The second-order valence-corrected chi connectivity index (χ2v) is 4.84. The molecule has 0 spiro atoms. The number of benzene rings is 2. The summed E-state index contributed by atoms with van der Waals surface area (Å²) in [6, 6.07) is 12.6. The van der Waals surface area contributed by atoms with Gasteiger partial charge in [-0.3, -0.25) is 0 Å². The van der Waals surface area contributed by atoms with Gasteiger partial charge in [0.2, 0.25) is 0 Å². The highest BCUT2D eigenvalue weighted by molar-refractivity contribution is 5.22. The number of aliphatic hydroxyl groups is 1. The molecule has 2 aromatic rings. The fourth-order valence-corrected chi connectivity index (χ4v) is 2.33. The van der Waals surface area contributed by atoms with E-state index in [9.17, 15) is 13.9 Å². The lowest BCUT2D eigenvalue weighted by atomic mass is 9.98. The van der Waals surface area contributed by atoms with Gasteiger partial charge in [-0.05, 0) is 30.2 Å². The van der Waals surface area contributed by atoms with Gasteiger partial charge in [0.05, 0.1) is 6.10 Å². The van der Waals surface area contributed by atoms with E-state index in [1.165, 1.54) is 12.1 Å². The van der Waals surface area contributed by atoms with Crippen LogP contribution in [-0.2, 0) is 11.2 Å². The minimum Gasteiger partial charge on any atom is -0.390 e. The molecule has 0 saturated heterocycles. The minimum absolute atomic E-state index is 0.119. The lowest BCUT2D eigenvalue weighted by Gasteiger charge is -2.23. The van der Waals surface area contributed by atoms with Crippen molar-refractivity contribution in [2.24, 2.45) is 0 Å². The molecule has 0 radical (unpaired) electrons. The van der Waals surface area contributed by atoms with E-state index >= 15 is 0 Å². The van der Waals surface area contributed by atoms with Crippen LogP contribution in [0.2, 0.25) is 0 Å². The largest absolute Gasteiger partial charge is 0.390 e. The predicted octanol–water partition coefficient (Wildman–Crippen LogP) is 3.65. The molecule has 0 aliphatic heterocycles. The van der Waals surface area contributed by atoms with Crippen molar-refractivity contribution in [2.75, 3.05) is 6.61 Å². The minimum atomic E-state index is -0.881. The third-order valence-electron chi connectivity index (χ3n) is 3.19. The molecule has 0 aliphatic rings. The zero-order valence-electron chi connectivity index (χ0n) is 11.8. The highest BCUT2D eigenvalue weighted by Gasteiger charge is 2.22. The van der Waals surface area contributed by atoms with E-state index in [0.717, 1.165) is 11.6 Å². The van der Waals surface area contributed by atoms with Gasteiger partial charge in [0, 0.05) is 19.1 Å². The SMILES string of the molecule is CCOC(c1ccccc1)C(O)Cc1cc(F)cc(F)c1. The van der Waals surface area contributed by atoms with Gasteiger partial charge in [-0.15, -0.1) is 0 Å². The molecular formula is C17H18F2O2. The van der Waals surface area contributed by atoms with Gasteiger partial charge in [-0.25, -0.2) is 8.78 Å². The van der Waals surface area contributed by atoms with Crippen LogP contribution in [0.15, 0.2) is 48.5 Å². The fraction of sp³-hybridized carbons (Fsp3) is 0.294. The Kier molecular flexibility index (Phi) is 5.42. The van der Waals surface area contributed by atoms with Gasteiger partial charge in [-0.1, -0.05) is 30.3 Å². The summed E-state index contributed by atoms with van der Waals surface area (Å²) >= 11 is 0. The Hall–Kier alpha value is -1.78. The van der Waals surface area contributed by atoms with E-state index in [4.69, 9.17) is 4.74 Å². The first kappa shape index (κ1) is 15.6. The maximum atomic E-state index is 13.2. The first-order valence-electron chi connectivity index (χ1n) is 6.89. The van der Waals surface area contributed by atoms with Crippen molar-refractivity contribution in [3.63, 3.8) is 0 Å². The number of rotatable bonds is 6. The summed E-state index contributed by atoms with van der Waals surface area (Å²) in [5.74, 6) is -1.30. The highest BCUT2D eigenvalue weighted by Crippen LogP contribution is 2.24. The van der Waals surface area contributed by atoms with Crippen molar-refractivity contribution in [3.8, 4) is 0 Å². The van der Waals surface area contributed by atoms with Crippen LogP contribution in [0.1, 0.15) is 24.2 Å². The van der Waals surface area contributed by atoms with E-state index in [2.05, 4.69) is 0 Å². The van der Waals surface area contributed by atoms with Crippen molar-refractivity contribution in [3.05, 3.63) is 71.3 Å². The molecule has 112 valence electrons. The standard InChI is InChI=1S/C17H18F2O2/c1-2-21-17(13-6-4-3-5-7-13)16(20)10-12-8-14(18)11-15(19)9-12/h3-9,11,16-17,20H,2,10H2,1H3. The van der Waals surface area contributed by atoms with Crippen molar-refractivity contribution in [1.82, 2.24) is 0 Å². The molecule has 2 rings (SSSR count). The van der Waals surface area contributed by atoms with E-state index in [-0.39, 0.29) is 6.42 Å². The van der Waals surface area contributed by atoms with Crippen LogP contribution in [0.3, 0.4) is 0 Å². The summed E-state index contributed by atoms with van der Waals surface area (Å²) in [6.07, 6.45) is -1.29. The Morgan fingerprint density at radius 1 is 1.05 bits per heavy atom. The lowest BCUT2D eigenvalue weighted by molar-refractivity contribution is -0.0340. The van der Waals surface area contributed by atoms with Crippen molar-refractivity contribution in [1.29, 1.82) is 0 Å². The van der Waals surface area contributed by atoms with Gasteiger partial charge < -0.3 is 9.84 Å². The third kappa shape index (κ3) is 4.34. The van der Waals surface area contributed by atoms with Crippen LogP contribution in [-0.4, -0.2) is 17.8 Å². The van der Waals surface area contributed by atoms with Crippen molar-refractivity contribution in [2.45, 2.75) is 25.6 Å². The molecule has 2 aromatic carbocycles. The molecule has 0 heterocycles. The molecule has 2 nitrogen and oxygen atoms in total. The number of halogens is 2. The topological polar surface area (TPSA) is 29.5 Å². The Balaban J connectivity index is 2.17. The molecule has 4 heteroatoms. The van der Waals surface area contributed by atoms with Crippen LogP contribution < -0.4 is 0 Å². The highest BCUT2D eigenvalue weighted by atomic mass is 19.1. The quantitative estimate of drug-likeness (QED) is 0.880. The van der Waals surface area contributed by atoms with Gasteiger partial charge in [-0.2, -0.15) is 0 Å². The number of ether oxygens (including phenoxy) is 1. The van der Waals surface area contributed by atoms with E-state index in [1.807, 2.05) is 37.3 Å². The molecule has 0 aliphatic carbocycles. The Bertz CT molecular complexity index is 552. The van der Waals surface area contributed by atoms with Crippen LogP contribution in [0, 0.1) is 11.6 Å². The molecular weight excluding hydrogens is 274 g/mol. The number of aliphatic hydroxyl groups excluding tert-OH is 1. The maximum absolute atomic E-state index is 13.2. The summed E-state index contributed by atoms with van der Waals surface area (Å²) < 4.78 is 32.0. The Labute approximate surface area is 123 Å². The van der Waals surface area contributed by atoms with Crippen LogP contribution in [0.5, 0.6) is 0 Å². The second-order valence-electron chi connectivity index (χ2n) is 4.84. The lowest BCUT2D eigenvalue weighted by Crippen LogP contribution is -2.24. The molecule has 0 fully saturated rings. The van der Waals surface area contributed by atoms with Crippen molar-refractivity contribution < 1.29 is 18.6 Å². The van der Waals surface area contributed by atoms with Gasteiger partial charge in [0.15, 0.2) is 0 Å². The Morgan fingerprint density at radius 3 is 2.24 bits per heavy atom. The average molecular weight is 292 g/mol. The van der Waals surface area contributed by atoms with Gasteiger partial charge >= 0.3 is 0 Å². The molecule has 2 atom stereocenters. The maximum Gasteiger partial charge on any atom is 0.126 e. The Morgan fingerprint density at radius 2 is 1.67 bits per heavy atom. The van der Waals surface area contributed by atoms with Gasteiger partial charge in [0.1, 0.15) is 17.7 Å². The molecule has 0 bridgehead atoms.